The number of carbonyl (C=O) groups excluding carboxylic acids is 1. The van der Waals surface area contributed by atoms with Crippen molar-refractivity contribution in [2.45, 2.75) is 25.3 Å². The Balaban J connectivity index is 1.81. The van der Waals surface area contributed by atoms with Gasteiger partial charge in [0.25, 0.3) is 0 Å². The van der Waals surface area contributed by atoms with Crippen LogP contribution in [0, 0.1) is 0 Å². The number of methoxy groups -OCH3 is 2. The summed E-state index contributed by atoms with van der Waals surface area (Å²) in [6.07, 6.45) is 2.25. The Bertz CT molecular complexity index is 762. The number of rotatable bonds is 5. The Morgan fingerprint density at radius 1 is 1.20 bits per heavy atom. The zero-order valence-electron chi connectivity index (χ0n) is 14.5. The molecule has 1 amide bonds. The first kappa shape index (κ1) is 17.6. The molecule has 1 aliphatic heterocycles. The molecule has 3 rings (SSSR count). The summed E-state index contributed by atoms with van der Waals surface area (Å²) in [6.45, 7) is 0.766. The molecule has 132 valence electrons. The molecule has 25 heavy (non-hydrogen) atoms. The Morgan fingerprint density at radius 3 is 2.76 bits per heavy atom. The van der Waals surface area contributed by atoms with Crippen molar-refractivity contribution >= 4 is 17.5 Å². The SMILES string of the molecule is COc1ccc(OC)c(CC(=O)N2CCCC2c2cccc(Cl)c2)c1. The molecule has 1 heterocycles. The standard InChI is InChI=1S/C20H22ClNO3/c1-24-17-8-9-19(25-2)15(12-17)13-20(23)22-10-4-7-18(22)14-5-3-6-16(21)11-14/h3,5-6,8-9,11-12,18H,4,7,10,13H2,1-2H3. The Labute approximate surface area is 153 Å². The van der Waals surface area contributed by atoms with Crippen LogP contribution < -0.4 is 9.47 Å². The van der Waals surface area contributed by atoms with Gasteiger partial charge in [0.15, 0.2) is 0 Å². The van der Waals surface area contributed by atoms with E-state index in [2.05, 4.69) is 0 Å². The minimum Gasteiger partial charge on any atom is -0.497 e. The molecular weight excluding hydrogens is 338 g/mol. The van der Waals surface area contributed by atoms with E-state index in [4.69, 9.17) is 21.1 Å². The van der Waals surface area contributed by atoms with Crippen molar-refractivity contribution in [1.29, 1.82) is 0 Å². The molecule has 0 bridgehead atoms. The molecule has 1 atom stereocenters. The van der Waals surface area contributed by atoms with Gasteiger partial charge in [-0.3, -0.25) is 4.79 Å². The van der Waals surface area contributed by atoms with E-state index in [0.29, 0.717) is 10.8 Å². The quantitative estimate of drug-likeness (QED) is 0.800. The van der Waals surface area contributed by atoms with Crippen molar-refractivity contribution in [2.75, 3.05) is 20.8 Å². The molecule has 1 saturated heterocycles. The number of halogens is 1. The lowest BCUT2D eigenvalue weighted by atomic mass is 10.0. The number of carbonyl (C=O) groups is 1. The fourth-order valence-electron chi connectivity index (χ4n) is 3.41. The minimum absolute atomic E-state index is 0.0859. The number of ether oxygens (including phenoxy) is 2. The van der Waals surface area contributed by atoms with E-state index in [1.54, 1.807) is 14.2 Å². The van der Waals surface area contributed by atoms with Crippen LogP contribution in [-0.2, 0) is 11.2 Å². The van der Waals surface area contributed by atoms with E-state index in [0.717, 1.165) is 36.3 Å². The van der Waals surface area contributed by atoms with Crippen LogP contribution in [0.5, 0.6) is 11.5 Å². The first-order chi connectivity index (χ1) is 12.1. The summed E-state index contributed by atoms with van der Waals surface area (Å²) >= 11 is 6.12. The average Bonchev–Trinajstić information content (AvgIpc) is 3.11. The Morgan fingerprint density at radius 2 is 2.04 bits per heavy atom. The highest BCUT2D eigenvalue weighted by Gasteiger charge is 2.30. The van der Waals surface area contributed by atoms with Gasteiger partial charge in [0.2, 0.25) is 5.91 Å². The van der Waals surface area contributed by atoms with Crippen LogP contribution in [-0.4, -0.2) is 31.6 Å². The van der Waals surface area contributed by atoms with Crippen molar-refractivity contribution < 1.29 is 14.3 Å². The maximum Gasteiger partial charge on any atom is 0.227 e. The number of amides is 1. The highest BCUT2D eigenvalue weighted by molar-refractivity contribution is 6.30. The average molecular weight is 360 g/mol. The summed E-state index contributed by atoms with van der Waals surface area (Å²) < 4.78 is 10.7. The Kier molecular flexibility index (Phi) is 5.49. The largest absolute Gasteiger partial charge is 0.497 e. The maximum absolute atomic E-state index is 12.9. The van der Waals surface area contributed by atoms with Gasteiger partial charge in [-0.2, -0.15) is 0 Å². The Hall–Kier alpha value is -2.20. The van der Waals surface area contributed by atoms with E-state index in [-0.39, 0.29) is 18.4 Å². The molecule has 0 spiro atoms. The summed E-state index contributed by atoms with van der Waals surface area (Å²) in [5.74, 6) is 1.51. The maximum atomic E-state index is 12.9. The molecule has 0 radical (unpaired) electrons. The predicted octanol–water partition coefficient (Wildman–Crippen LogP) is 4.26. The van der Waals surface area contributed by atoms with Crippen molar-refractivity contribution in [2.24, 2.45) is 0 Å². The highest BCUT2D eigenvalue weighted by Crippen LogP contribution is 2.34. The number of likely N-dealkylation sites (tertiary alicyclic amines) is 1. The first-order valence-corrected chi connectivity index (χ1v) is 8.76. The van der Waals surface area contributed by atoms with E-state index in [1.807, 2.05) is 47.4 Å². The molecule has 0 aliphatic carbocycles. The van der Waals surface area contributed by atoms with Crippen LogP contribution >= 0.6 is 11.6 Å². The topological polar surface area (TPSA) is 38.8 Å². The minimum atomic E-state index is 0.0859. The molecule has 5 heteroatoms. The molecule has 2 aromatic carbocycles. The number of benzene rings is 2. The van der Waals surface area contributed by atoms with E-state index >= 15 is 0 Å². The molecule has 4 nitrogen and oxygen atoms in total. The van der Waals surface area contributed by atoms with Crippen molar-refractivity contribution in [3.05, 3.63) is 58.6 Å². The summed E-state index contributed by atoms with van der Waals surface area (Å²) in [5.41, 5.74) is 1.93. The van der Waals surface area contributed by atoms with Crippen molar-refractivity contribution in [3.8, 4) is 11.5 Å². The molecule has 0 N–H and O–H groups in total. The van der Waals surface area contributed by atoms with Crippen molar-refractivity contribution in [3.63, 3.8) is 0 Å². The van der Waals surface area contributed by atoms with E-state index < -0.39 is 0 Å². The third-order valence-corrected chi connectivity index (χ3v) is 4.87. The lowest BCUT2D eigenvalue weighted by Crippen LogP contribution is -2.31. The molecule has 1 unspecified atom stereocenters. The van der Waals surface area contributed by atoms with E-state index in [9.17, 15) is 4.79 Å². The van der Waals surface area contributed by atoms with Gasteiger partial charge in [0.05, 0.1) is 26.7 Å². The summed E-state index contributed by atoms with van der Waals surface area (Å²) in [7, 11) is 3.23. The third-order valence-electron chi connectivity index (χ3n) is 4.64. The van der Waals surface area contributed by atoms with Gasteiger partial charge < -0.3 is 14.4 Å². The van der Waals surface area contributed by atoms with Gasteiger partial charge in [-0.25, -0.2) is 0 Å². The molecule has 2 aromatic rings. The van der Waals surface area contributed by atoms with Crippen LogP contribution in [0.2, 0.25) is 5.02 Å². The van der Waals surface area contributed by atoms with Gasteiger partial charge in [0, 0.05) is 17.1 Å². The highest BCUT2D eigenvalue weighted by atomic mass is 35.5. The number of nitrogens with zero attached hydrogens (tertiary/aromatic N) is 1. The summed E-state index contributed by atoms with van der Waals surface area (Å²) in [6, 6.07) is 13.4. The van der Waals surface area contributed by atoms with Crippen LogP contribution in [0.1, 0.15) is 30.0 Å². The van der Waals surface area contributed by atoms with Gasteiger partial charge >= 0.3 is 0 Å². The van der Waals surface area contributed by atoms with E-state index in [1.165, 1.54) is 0 Å². The fourth-order valence-corrected chi connectivity index (χ4v) is 3.61. The van der Waals surface area contributed by atoms with Gasteiger partial charge in [0.1, 0.15) is 11.5 Å². The molecule has 1 aliphatic rings. The molecule has 0 aromatic heterocycles. The number of hydrogen-bond donors (Lipinski definition) is 0. The van der Waals surface area contributed by atoms with Crippen LogP contribution in [0.15, 0.2) is 42.5 Å². The number of hydrogen-bond acceptors (Lipinski definition) is 3. The lowest BCUT2D eigenvalue weighted by molar-refractivity contribution is -0.131. The predicted molar refractivity (Wildman–Crippen MR) is 98.4 cm³/mol. The third kappa shape index (κ3) is 3.90. The van der Waals surface area contributed by atoms with Gasteiger partial charge in [-0.1, -0.05) is 23.7 Å². The second-order valence-electron chi connectivity index (χ2n) is 6.15. The van der Waals surface area contributed by atoms with Gasteiger partial charge in [-0.05, 0) is 48.7 Å². The molecular formula is C20H22ClNO3. The first-order valence-electron chi connectivity index (χ1n) is 8.38. The second-order valence-corrected chi connectivity index (χ2v) is 6.59. The van der Waals surface area contributed by atoms with Crippen LogP contribution in [0.25, 0.3) is 0 Å². The van der Waals surface area contributed by atoms with Crippen LogP contribution in [0.3, 0.4) is 0 Å². The smallest absolute Gasteiger partial charge is 0.227 e. The second kappa shape index (κ2) is 7.79. The normalized spacial score (nSPS) is 16.8. The molecule has 1 fully saturated rings. The summed E-state index contributed by atoms with van der Waals surface area (Å²) in [4.78, 5) is 14.9. The summed E-state index contributed by atoms with van der Waals surface area (Å²) in [5, 5.41) is 0.700. The van der Waals surface area contributed by atoms with Crippen LogP contribution in [0.4, 0.5) is 0 Å². The van der Waals surface area contributed by atoms with Gasteiger partial charge in [-0.15, -0.1) is 0 Å². The lowest BCUT2D eigenvalue weighted by Gasteiger charge is -2.25. The monoisotopic (exact) mass is 359 g/mol. The zero-order valence-corrected chi connectivity index (χ0v) is 15.3. The zero-order chi connectivity index (χ0) is 17.8. The molecule has 0 saturated carbocycles. The van der Waals surface area contributed by atoms with Crippen molar-refractivity contribution in [1.82, 2.24) is 4.90 Å². The fraction of sp³-hybridized carbons (Fsp3) is 0.350.